The summed E-state index contributed by atoms with van der Waals surface area (Å²) < 4.78 is 31.8. The van der Waals surface area contributed by atoms with E-state index in [1.807, 2.05) is 55.5 Å². The van der Waals surface area contributed by atoms with E-state index in [2.05, 4.69) is 25.2 Å². The zero-order chi connectivity index (χ0) is 26.0. The number of carbonyl (C=O) groups is 1. The van der Waals surface area contributed by atoms with Gasteiger partial charge >= 0.3 is 0 Å². The fourth-order valence-corrected chi connectivity index (χ4v) is 4.87. The molecule has 1 aliphatic rings. The van der Waals surface area contributed by atoms with Crippen molar-refractivity contribution in [1.29, 1.82) is 0 Å². The Bertz CT molecular complexity index is 1550. The standard InChI is InChI=1S/C26H25N5O4S2/c1-26(13-14-26)25(32)28-18-5-3-6-19(15-18)31-36-21-11-9-17(10-12-21)23-29-24(35-30-23)22-8-4-7-20(27-22)16-37(2,33)34/h3-12,15,31H,13-14,16H2,1-2H3,(H,28,32). The molecule has 0 aliphatic heterocycles. The molecule has 1 aliphatic carbocycles. The van der Waals surface area contributed by atoms with Crippen LogP contribution >= 0.6 is 11.9 Å². The van der Waals surface area contributed by atoms with Gasteiger partial charge < -0.3 is 14.6 Å². The van der Waals surface area contributed by atoms with E-state index in [-0.39, 0.29) is 23.0 Å². The highest BCUT2D eigenvalue weighted by Gasteiger charge is 2.44. The van der Waals surface area contributed by atoms with E-state index in [9.17, 15) is 13.2 Å². The Morgan fingerprint density at radius 1 is 1.03 bits per heavy atom. The minimum atomic E-state index is -3.20. The van der Waals surface area contributed by atoms with Gasteiger partial charge in [-0.3, -0.25) is 4.79 Å². The Balaban J connectivity index is 1.21. The number of rotatable bonds is 9. The quantitative estimate of drug-likeness (QED) is 0.278. The van der Waals surface area contributed by atoms with E-state index in [0.717, 1.165) is 40.9 Å². The molecule has 0 atom stereocenters. The minimum absolute atomic E-state index is 0.0647. The number of anilines is 2. The Morgan fingerprint density at radius 3 is 2.49 bits per heavy atom. The molecule has 1 amide bonds. The summed E-state index contributed by atoms with van der Waals surface area (Å²) in [7, 11) is -3.20. The third kappa shape index (κ3) is 6.36. The number of benzene rings is 2. The maximum atomic E-state index is 12.3. The molecule has 0 saturated heterocycles. The van der Waals surface area contributed by atoms with Crippen LogP contribution in [-0.2, 0) is 20.4 Å². The number of hydrogen-bond acceptors (Lipinski definition) is 9. The molecule has 0 unspecified atom stereocenters. The van der Waals surface area contributed by atoms with E-state index in [0.29, 0.717) is 17.2 Å². The maximum absolute atomic E-state index is 12.3. The van der Waals surface area contributed by atoms with Gasteiger partial charge in [0.2, 0.25) is 11.7 Å². The number of nitrogens with one attached hydrogen (secondary N) is 2. The van der Waals surface area contributed by atoms with Crippen LogP contribution in [0.5, 0.6) is 0 Å². The normalized spacial score (nSPS) is 14.2. The molecule has 37 heavy (non-hydrogen) atoms. The Hall–Kier alpha value is -3.70. The predicted molar refractivity (Wildman–Crippen MR) is 143 cm³/mol. The smallest absolute Gasteiger partial charge is 0.276 e. The van der Waals surface area contributed by atoms with Crippen molar-refractivity contribution in [3.8, 4) is 23.0 Å². The van der Waals surface area contributed by atoms with E-state index >= 15 is 0 Å². The molecule has 5 rings (SSSR count). The Kier molecular flexibility index (Phi) is 6.74. The summed E-state index contributed by atoms with van der Waals surface area (Å²) in [6.07, 6.45) is 3.03. The van der Waals surface area contributed by atoms with Gasteiger partial charge in [-0.1, -0.05) is 24.2 Å². The summed E-state index contributed by atoms with van der Waals surface area (Å²) in [5.41, 5.74) is 3.02. The van der Waals surface area contributed by atoms with Crippen molar-refractivity contribution in [3.05, 3.63) is 72.4 Å². The van der Waals surface area contributed by atoms with Crippen LogP contribution in [-0.4, -0.2) is 35.7 Å². The van der Waals surface area contributed by atoms with Crippen LogP contribution in [0.2, 0.25) is 0 Å². The van der Waals surface area contributed by atoms with Gasteiger partial charge in [-0.2, -0.15) is 4.98 Å². The number of carbonyl (C=O) groups excluding carboxylic acids is 1. The lowest BCUT2D eigenvalue weighted by atomic mass is 10.1. The number of amides is 1. The molecule has 1 fully saturated rings. The number of nitrogens with zero attached hydrogens (tertiary/aromatic N) is 3. The lowest BCUT2D eigenvalue weighted by Gasteiger charge is -2.12. The second-order valence-corrected chi connectivity index (χ2v) is 12.4. The van der Waals surface area contributed by atoms with E-state index < -0.39 is 9.84 Å². The summed E-state index contributed by atoms with van der Waals surface area (Å²) in [5, 5.41) is 7.04. The molecule has 0 bridgehead atoms. The first-order chi connectivity index (χ1) is 17.7. The fraction of sp³-hybridized carbons (Fsp3) is 0.231. The van der Waals surface area contributed by atoms with Gasteiger partial charge in [0.25, 0.3) is 5.89 Å². The third-order valence-electron chi connectivity index (χ3n) is 5.93. The third-order valence-corrected chi connectivity index (χ3v) is 7.60. The Labute approximate surface area is 219 Å². The van der Waals surface area contributed by atoms with Crippen molar-refractivity contribution < 1.29 is 17.7 Å². The second-order valence-electron chi connectivity index (χ2n) is 9.33. The molecule has 9 nitrogen and oxygen atoms in total. The summed E-state index contributed by atoms with van der Waals surface area (Å²) in [6, 6.07) is 20.3. The van der Waals surface area contributed by atoms with Crippen LogP contribution in [0.25, 0.3) is 23.0 Å². The fourth-order valence-electron chi connectivity index (χ4n) is 3.54. The lowest BCUT2D eigenvalue weighted by molar-refractivity contribution is -0.120. The first kappa shape index (κ1) is 25.0. The molecule has 11 heteroatoms. The van der Waals surface area contributed by atoms with Crippen molar-refractivity contribution in [2.75, 3.05) is 16.3 Å². The van der Waals surface area contributed by atoms with Crippen LogP contribution in [0.4, 0.5) is 11.4 Å². The van der Waals surface area contributed by atoms with Gasteiger partial charge in [-0.15, -0.1) is 0 Å². The van der Waals surface area contributed by atoms with Crippen LogP contribution < -0.4 is 10.0 Å². The minimum Gasteiger partial charge on any atom is -0.332 e. The molecule has 2 aromatic heterocycles. The molecule has 0 radical (unpaired) electrons. The molecular weight excluding hydrogens is 510 g/mol. The number of hydrogen-bond donors (Lipinski definition) is 2. The van der Waals surface area contributed by atoms with E-state index in [1.165, 1.54) is 11.9 Å². The first-order valence-electron chi connectivity index (χ1n) is 11.6. The molecule has 2 heterocycles. The summed E-state index contributed by atoms with van der Waals surface area (Å²) in [5.74, 6) is 0.526. The molecule has 0 spiro atoms. The molecule has 1 saturated carbocycles. The molecule has 2 N–H and O–H groups in total. The van der Waals surface area contributed by atoms with Gasteiger partial charge in [-0.05, 0) is 79.4 Å². The average Bonchev–Trinajstić information content (AvgIpc) is 3.43. The maximum Gasteiger partial charge on any atom is 0.276 e. The number of sulfone groups is 1. The van der Waals surface area contributed by atoms with Crippen LogP contribution in [0, 0.1) is 5.41 Å². The van der Waals surface area contributed by atoms with Gasteiger partial charge in [0.05, 0.1) is 11.4 Å². The SMILES string of the molecule is CC1(C(=O)Nc2cccc(NSc3ccc(-c4noc(-c5cccc(CS(C)(=O)=O)n5)n4)cc3)c2)CC1. The van der Waals surface area contributed by atoms with Gasteiger partial charge in [0.1, 0.15) is 5.69 Å². The zero-order valence-corrected chi connectivity index (χ0v) is 21.9. The van der Waals surface area contributed by atoms with Crippen molar-refractivity contribution in [3.63, 3.8) is 0 Å². The zero-order valence-electron chi connectivity index (χ0n) is 20.3. The van der Waals surface area contributed by atoms with Crippen molar-refractivity contribution >= 4 is 39.1 Å². The van der Waals surface area contributed by atoms with E-state index in [1.54, 1.807) is 18.2 Å². The second kappa shape index (κ2) is 9.98. The molecule has 2 aromatic carbocycles. The largest absolute Gasteiger partial charge is 0.332 e. The van der Waals surface area contributed by atoms with E-state index in [4.69, 9.17) is 4.52 Å². The predicted octanol–water partition coefficient (Wildman–Crippen LogP) is 5.20. The van der Waals surface area contributed by atoms with Crippen molar-refractivity contribution in [2.45, 2.75) is 30.4 Å². The Morgan fingerprint density at radius 2 is 1.76 bits per heavy atom. The first-order valence-corrected chi connectivity index (χ1v) is 14.5. The number of aromatic nitrogens is 3. The van der Waals surface area contributed by atoms with Crippen molar-refractivity contribution in [1.82, 2.24) is 15.1 Å². The van der Waals surface area contributed by atoms with Crippen LogP contribution in [0.15, 0.2) is 76.1 Å². The summed E-state index contributed by atoms with van der Waals surface area (Å²) >= 11 is 1.44. The molecule has 4 aromatic rings. The molecule has 190 valence electrons. The highest BCUT2D eigenvalue weighted by Crippen LogP contribution is 2.45. The van der Waals surface area contributed by atoms with Crippen LogP contribution in [0.1, 0.15) is 25.5 Å². The highest BCUT2D eigenvalue weighted by atomic mass is 32.2. The van der Waals surface area contributed by atoms with Gasteiger partial charge in [0, 0.05) is 33.5 Å². The topological polar surface area (TPSA) is 127 Å². The average molecular weight is 536 g/mol. The summed E-state index contributed by atoms with van der Waals surface area (Å²) in [6.45, 7) is 1.98. The van der Waals surface area contributed by atoms with Gasteiger partial charge in [-0.25, -0.2) is 13.4 Å². The summed E-state index contributed by atoms with van der Waals surface area (Å²) in [4.78, 5) is 22.0. The lowest BCUT2D eigenvalue weighted by Crippen LogP contribution is -2.21. The number of pyridine rings is 1. The monoisotopic (exact) mass is 535 g/mol. The highest BCUT2D eigenvalue weighted by molar-refractivity contribution is 8.00. The van der Waals surface area contributed by atoms with Gasteiger partial charge in [0.15, 0.2) is 9.84 Å². The molecular formula is C26H25N5O4S2. The van der Waals surface area contributed by atoms with Crippen molar-refractivity contribution in [2.24, 2.45) is 5.41 Å². The van der Waals surface area contributed by atoms with Crippen LogP contribution in [0.3, 0.4) is 0 Å².